The van der Waals surface area contributed by atoms with Gasteiger partial charge >= 0.3 is 5.63 Å². The summed E-state index contributed by atoms with van der Waals surface area (Å²) in [7, 11) is -3.00. The first-order chi connectivity index (χ1) is 12.2. The zero-order valence-corrected chi connectivity index (χ0v) is 16.4. The highest BCUT2D eigenvalue weighted by Gasteiger charge is 2.15. The van der Waals surface area contributed by atoms with E-state index < -0.39 is 15.5 Å². The normalized spacial score (nSPS) is 12.0. The number of hydrogen-bond acceptors (Lipinski definition) is 5. The third kappa shape index (κ3) is 5.53. The highest BCUT2D eigenvalue weighted by molar-refractivity contribution is 7.91. The maximum Gasteiger partial charge on any atom is 0.336 e. The van der Waals surface area contributed by atoms with Crippen molar-refractivity contribution in [3.8, 4) is 0 Å². The molecule has 0 aliphatic carbocycles. The molecule has 0 aliphatic heterocycles. The molecular weight excluding hydrogens is 352 g/mol. The second kappa shape index (κ2) is 8.62. The molecule has 1 heterocycles. The summed E-state index contributed by atoms with van der Waals surface area (Å²) in [5.41, 5.74) is 1.78. The Morgan fingerprint density at radius 3 is 2.54 bits per heavy atom. The van der Waals surface area contributed by atoms with Crippen LogP contribution < -0.4 is 5.63 Å². The van der Waals surface area contributed by atoms with E-state index >= 15 is 0 Å². The first kappa shape index (κ1) is 20.4. The molecule has 2 aromatic rings. The minimum Gasteiger partial charge on any atom is -0.423 e. The van der Waals surface area contributed by atoms with Gasteiger partial charge in [-0.2, -0.15) is 0 Å². The smallest absolute Gasteiger partial charge is 0.336 e. The lowest BCUT2D eigenvalue weighted by Gasteiger charge is -2.07. The fourth-order valence-electron chi connectivity index (χ4n) is 2.83. The highest BCUT2D eigenvalue weighted by atomic mass is 32.2. The fraction of sp³-hybridized carbons (Fsp3) is 0.500. The van der Waals surface area contributed by atoms with Crippen molar-refractivity contribution >= 4 is 26.6 Å². The lowest BCUT2D eigenvalue weighted by molar-refractivity contribution is -0.118. The molecule has 26 heavy (non-hydrogen) atoms. The van der Waals surface area contributed by atoms with E-state index in [1.165, 1.54) is 6.07 Å². The number of benzene rings is 1. The third-order valence-corrected chi connectivity index (χ3v) is 6.81. The number of unbranched alkanes of at least 4 members (excludes halogenated alkanes) is 2. The summed E-state index contributed by atoms with van der Waals surface area (Å²) in [6.07, 6.45) is 2.72. The summed E-state index contributed by atoms with van der Waals surface area (Å²) in [5.74, 6) is 0.285. The number of Topliss-reactive ketones (excluding diaryl/α,β-unsaturated/α-hetero) is 1. The molecule has 0 bridgehead atoms. The third-order valence-electron chi connectivity index (χ3n) is 4.52. The van der Waals surface area contributed by atoms with Crippen LogP contribution in [-0.2, 0) is 21.1 Å². The molecule has 142 valence electrons. The number of carbonyl (C=O) groups excluding carboxylic acids is 1. The summed E-state index contributed by atoms with van der Waals surface area (Å²) in [6.45, 7) is 5.22. The SMILES string of the molecule is Cc1cc(=O)oc2cc(CC(=O)CCCCCS(=O)(=O)C(C)C)ccc12. The Morgan fingerprint density at radius 1 is 1.12 bits per heavy atom. The van der Waals surface area contributed by atoms with Crippen LogP contribution in [0.15, 0.2) is 33.5 Å². The quantitative estimate of drug-likeness (QED) is 0.492. The van der Waals surface area contributed by atoms with Crippen molar-refractivity contribution in [1.29, 1.82) is 0 Å². The lowest BCUT2D eigenvalue weighted by Crippen LogP contribution is -2.17. The van der Waals surface area contributed by atoms with Crippen molar-refractivity contribution in [2.75, 3.05) is 5.75 Å². The number of hydrogen-bond donors (Lipinski definition) is 0. The molecule has 0 saturated heterocycles. The second-order valence-electron chi connectivity index (χ2n) is 7.02. The van der Waals surface area contributed by atoms with Gasteiger partial charge in [0.05, 0.1) is 11.0 Å². The van der Waals surface area contributed by atoms with Crippen molar-refractivity contribution in [2.45, 2.75) is 58.1 Å². The van der Waals surface area contributed by atoms with Crippen LogP contribution in [0.1, 0.15) is 50.7 Å². The molecule has 0 N–H and O–H groups in total. The zero-order chi connectivity index (χ0) is 19.3. The van der Waals surface area contributed by atoms with E-state index in [1.807, 2.05) is 19.1 Å². The molecule has 0 aliphatic rings. The van der Waals surface area contributed by atoms with Crippen molar-refractivity contribution in [1.82, 2.24) is 0 Å². The predicted molar refractivity (Wildman–Crippen MR) is 103 cm³/mol. The van der Waals surface area contributed by atoms with Crippen LogP contribution in [0.2, 0.25) is 0 Å². The van der Waals surface area contributed by atoms with E-state index in [2.05, 4.69) is 0 Å². The molecule has 0 atom stereocenters. The van der Waals surface area contributed by atoms with E-state index in [0.717, 1.165) is 22.9 Å². The molecule has 1 aromatic carbocycles. The van der Waals surface area contributed by atoms with Crippen LogP contribution in [0.25, 0.3) is 11.0 Å². The monoisotopic (exact) mass is 378 g/mol. The maximum absolute atomic E-state index is 12.1. The Labute approximate surface area is 154 Å². The topological polar surface area (TPSA) is 81.4 Å². The van der Waals surface area contributed by atoms with Crippen LogP contribution in [0, 0.1) is 6.92 Å². The summed E-state index contributed by atoms with van der Waals surface area (Å²) >= 11 is 0. The predicted octanol–water partition coefficient (Wildman–Crippen LogP) is 3.60. The number of sulfone groups is 1. The van der Waals surface area contributed by atoms with Crippen LogP contribution >= 0.6 is 0 Å². The first-order valence-corrected chi connectivity index (χ1v) is 10.7. The molecule has 0 amide bonds. The maximum atomic E-state index is 12.1. The summed E-state index contributed by atoms with van der Waals surface area (Å²) in [6, 6.07) is 6.94. The molecule has 0 fully saturated rings. The molecular formula is C20H26O5S. The van der Waals surface area contributed by atoms with Gasteiger partial charge in [-0.25, -0.2) is 13.2 Å². The van der Waals surface area contributed by atoms with E-state index in [9.17, 15) is 18.0 Å². The molecule has 2 rings (SSSR count). The van der Waals surface area contributed by atoms with Crippen LogP contribution in [0.3, 0.4) is 0 Å². The molecule has 0 saturated carbocycles. The Bertz CT molecular complexity index is 938. The first-order valence-electron chi connectivity index (χ1n) is 8.95. The zero-order valence-electron chi connectivity index (χ0n) is 15.6. The second-order valence-corrected chi connectivity index (χ2v) is 9.70. The summed E-state index contributed by atoms with van der Waals surface area (Å²) in [4.78, 5) is 23.6. The van der Waals surface area contributed by atoms with Gasteiger partial charge in [-0.3, -0.25) is 4.79 Å². The van der Waals surface area contributed by atoms with Gasteiger partial charge in [0, 0.05) is 24.3 Å². The molecule has 0 spiro atoms. The van der Waals surface area contributed by atoms with Gasteiger partial charge in [0.15, 0.2) is 9.84 Å². The van der Waals surface area contributed by atoms with Crippen molar-refractivity contribution < 1.29 is 17.6 Å². The molecule has 1 aromatic heterocycles. The number of fused-ring (bicyclic) bond motifs is 1. The Hall–Kier alpha value is -1.95. The molecule has 5 nitrogen and oxygen atoms in total. The summed E-state index contributed by atoms with van der Waals surface area (Å²) < 4.78 is 28.7. The van der Waals surface area contributed by atoms with Gasteiger partial charge in [-0.1, -0.05) is 18.6 Å². The van der Waals surface area contributed by atoms with Gasteiger partial charge in [-0.15, -0.1) is 0 Å². The van der Waals surface area contributed by atoms with Crippen molar-refractivity contribution in [3.63, 3.8) is 0 Å². The largest absolute Gasteiger partial charge is 0.423 e. The number of ketones is 1. The van der Waals surface area contributed by atoms with E-state index in [-0.39, 0.29) is 23.2 Å². The van der Waals surface area contributed by atoms with Crippen molar-refractivity contribution in [2.24, 2.45) is 0 Å². The van der Waals surface area contributed by atoms with Gasteiger partial charge in [0.2, 0.25) is 0 Å². The van der Waals surface area contributed by atoms with Crippen LogP contribution in [-0.4, -0.2) is 25.2 Å². The van der Waals surface area contributed by atoms with E-state index in [1.54, 1.807) is 19.9 Å². The summed E-state index contributed by atoms with van der Waals surface area (Å²) in [5, 5.41) is 0.521. The van der Waals surface area contributed by atoms with E-state index in [0.29, 0.717) is 24.8 Å². The highest BCUT2D eigenvalue weighted by Crippen LogP contribution is 2.19. The van der Waals surface area contributed by atoms with Gasteiger partial charge in [0.1, 0.15) is 11.4 Å². The Morgan fingerprint density at radius 2 is 1.85 bits per heavy atom. The van der Waals surface area contributed by atoms with Gasteiger partial charge < -0.3 is 4.42 Å². The van der Waals surface area contributed by atoms with Gasteiger partial charge in [-0.05, 0) is 50.8 Å². The molecule has 6 heteroatoms. The lowest BCUT2D eigenvalue weighted by atomic mass is 10.0. The van der Waals surface area contributed by atoms with Crippen LogP contribution in [0.4, 0.5) is 0 Å². The number of carbonyl (C=O) groups is 1. The number of rotatable bonds is 9. The standard InChI is InChI=1S/C20H26O5S/c1-14(2)26(23,24)10-6-4-5-7-17(21)12-16-8-9-18-15(3)11-20(22)25-19(18)13-16/h8-9,11,13-14H,4-7,10,12H2,1-3H3. The molecule has 0 radical (unpaired) electrons. The Balaban J connectivity index is 1.85. The average molecular weight is 378 g/mol. The van der Waals surface area contributed by atoms with E-state index in [4.69, 9.17) is 4.42 Å². The number of aryl methyl sites for hydroxylation is 1. The minimum absolute atomic E-state index is 0.103. The van der Waals surface area contributed by atoms with Crippen LogP contribution in [0.5, 0.6) is 0 Å². The fourth-order valence-corrected chi connectivity index (χ4v) is 3.91. The van der Waals surface area contributed by atoms with Crippen molar-refractivity contribution in [3.05, 3.63) is 45.8 Å². The average Bonchev–Trinajstić information content (AvgIpc) is 2.53. The van der Waals surface area contributed by atoms with Gasteiger partial charge in [0.25, 0.3) is 0 Å². The minimum atomic E-state index is -3.00. The molecule has 0 unspecified atom stereocenters. The Kier molecular flexibility index (Phi) is 6.75.